The van der Waals surface area contributed by atoms with E-state index in [1.54, 1.807) is 18.1 Å². The van der Waals surface area contributed by atoms with Gasteiger partial charge in [0.05, 0.1) is 11.4 Å². The van der Waals surface area contributed by atoms with Gasteiger partial charge in [0, 0.05) is 20.3 Å². The molecular weight excluding hydrogens is 434 g/mol. The fourth-order valence-corrected chi connectivity index (χ4v) is 4.12. The highest BCUT2D eigenvalue weighted by Crippen LogP contribution is 2.30. The fourth-order valence-electron chi connectivity index (χ4n) is 3.28. The predicted molar refractivity (Wildman–Crippen MR) is 137 cm³/mol. The molecule has 2 amide bonds. The lowest BCUT2D eigenvalue weighted by molar-refractivity contribution is -0.118. The molecule has 0 saturated heterocycles. The van der Waals surface area contributed by atoms with Gasteiger partial charge in [-0.15, -0.1) is 0 Å². The zero-order chi connectivity index (χ0) is 23.8. The summed E-state index contributed by atoms with van der Waals surface area (Å²) in [7, 11) is 1.64. The second-order valence-electron chi connectivity index (χ2n) is 8.21. The number of ether oxygens (including phenoxy) is 1. The second-order valence-corrected chi connectivity index (χ2v) is 9.15. The molecule has 0 bridgehead atoms. The van der Waals surface area contributed by atoms with Crippen molar-refractivity contribution >= 4 is 40.5 Å². The van der Waals surface area contributed by atoms with Gasteiger partial charge in [-0.05, 0) is 48.6 Å². The highest BCUT2D eigenvalue weighted by molar-refractivity contribution is 8.14. The molecule has 2 aromatic rings. The Morgan fingerprint density at radius 2 is 1.85 bits per heavy atom. The number of amidine groups is 1. The van der Waals surface area contributed by atoms with Gasteiger partial charge in [0.25, 0.3) is 5.91 Å². The largest absolute Gasteiger partial charge is 0.385 e. The molecule has 3 rings (SSSR count). The molecule has 6 nitrogen and oxygen atoms in total. The van der Waals surface area contributed by atoms with E-state index in [0.717, 1.165) is 23.2 Å². The number of nitrogens with zero attached hydrogens (tertiary/aromatic N) is 2. The Kier molecular flexibility index (Phi) is 8.86. The molecule has 1 heterocycles. The molecular formula is C26H31N3O3S. The summed E-state index contributed by atoms with van der Waals surface area (Å²) in [6.45, 7) is 7.45. The topological polar surface area (TPSA) is 71.0 Å². The van der Waals surface area contributed by atoms with Crippen molar-refractivity contribution in [3.63, 3.8) is 0 Å². The van der Waals surface area contributed by atoms with Crippen molar-refractivity contribution in [3.05, 3.63) is 70.9 Å². The molecule has 0 radical (unpaired) electrons. The molecule has 0 saturated carbocycles. The first-order chi connectivity index (χ1) is 15.9. The number of hydrogen-bond acceptors (Lipinski definition) is 5. The molecule has 1 aliphatic rings. The number of methoxy groups -OCH3 is 1. The van der Waals surface area contributed by atoms with Gasteiger partial charge in [0.2, 0.25) is 5.91 Å². The zero-order valence-corrected chi connectivity index (χ0v) is 20.4. The number of hydrogen-bond donors (Lipinski definition) is 1. The Balaban J connectivity index is 1.79. The van der Waals surface area contributed by atoms with E-state index in [1.165, 1.54) is 17.3 Å². The number of benzene rings is 2. The van der Waals surface area contributed by atoms with E-state index < -0.39 is 0 Å². The number of carbonyl (C=O) groups is 2. The molecule has 0 unspecified atom stereocenters. The predicted octanol–water partition coefficient (Wildman–Crippen LogP) is 4.75. The van der Waals surface area contributed by atoms with E-state index >= 15 is 0 Å². The van der Waals surface area contributed by atoms with Crippen molar-refractivity contribution in [2.45, 2.75) is 33.1 Å². The number of thioether (sulfide) groups is 1. The van der Waals surface area contributed by atoms with Crippen molar-refractivity contribution in [2.75, 3.05) is 30.9 Å². The monoisotopic (exact) mass is 465 g/mol. The fraction of sp³-hybridized carbons (Fsp3) is 0.346. The molecule has 2 aromatic carbocycles. The van der Waals surface area contributed by atoms with Crippen molar-refractivity contribution < 1.29 is 14.3 Å². The van der Waals surface area contributed by atoms with Crippen LogP contribution in [0.1, 0.15) is 42.9 Å². The van der Waals surface area contributed by atoms with Gasteiger partial charge in [0.1, 0.15) is 5.70 Å². The second kappa shape index (κ2) is 11.8. The lowest BCUT2D eigenvalue weighted by Gasteiger charge is -2.18. The molecule has 33 heavy (non-hydrogen) atoms. The molecule has 0 atom stereocenters. The molecule has 0 spiro atoms. The highest BCUT2D eigenvalue weighted by Gasteiger charge is 2.32. The number of rotatable bonds is 9. The lowest BCUT2D eigenvalue weighted by atomic mass is 10.0. The standard InChI is InChI=1S/C26H31N3O3S/c1-18(2)21-10-8-20(9-11-21)16-23-25(31)29(22-12-6-19(3)7-13-22)26(28-23)33-17-24(30)27-14-5-15-32-4/h6-13,16,18H,5,14-15,17H2,1-4H3,(H,27,30)/b23-16-. The number of aryl methyl sites for hydroxylation is 1. The number of aliphatic imine (C=N–C) groups is 1. The van der Waals surface area contributed by atoms with Crippen molar-refractivity contribution in [1.29, 1.82) is 0 Å². The Hall–Kier alpha value is -2.90. The average molecular weight is 466 g/mol. The third kappa shape index (κ3) is 6.79. The van der Waals surface area contributed by atoms with E-state index in [4.69, 9.17) is 4.74 Å². The van der Waals surface area contributed by atoms with Crippen LogP contribution >= 0.6 is 11.8 Å². The van der Waals surface area contributed by atoms with Crippen LogP contribution in [-0.2, 0) is 14.3 Å². The molecule has 1 N–H and O–H groups in total. The minimum atomic E-state index is -0.199. The van der Waals surface area contributed by atoms with Crippen LogP contribution in [0.5, 0.6) is 0 Å². The van der Waals surface area contributed by atoms with E-state index in [9.17, 15) is 9.59 Å². The first-order valence-corrected chi connectivity index (χ1v) is 12.1. The van der Waals surface area contributed by atoms with E-state index in [-0.39, 0.29) is 17.6 Å². The van der Waals surface area contributed by atoms with Gasteiger partial charge in [0.15, 0.2) is 5.17 Å². The number of anilines is 1. The quantitative estimate of drug-likeness (QED) is 0.429. The minimum absolute atomic E-state index is 0.100. The van der Waals surface area contributed by atoms with Crippen LogP contribution in [0.25, 0.3) is 6.08 Å². The van der Waals surface area contributed by atoms with Crippen LogP contribution in [0.15, 0.2) is 59.2 Å². The van der Waals surface area contributed by atoms with Gasteiger partial charge in [-0.3, -0.25) is 14.5 Å². The van der Waals surface area contributed by atoms with Crippen LogP contribution in [0, 0.1) is 6.92 Å². The third-order valence-electron chi connectivity index (χ3n) is 5.21. The normalized spacial score (nSPS) is 14.8. The summed E-state index contributed by atoms with van der Waals surface area (Å²) in [5.41, 5.74) is 4.35. The van der Waals surface area contributed by atoms with Crippen LogP contribution in [0.4, 0.5) is 5.69 Å². The SMILES string of the molecule is COCCCNC(=O)CSC1=N/C(=C\c2ccc(C(C)C)cc2)C(=O)N1c1ccc(C)cc1. The minimum Gasteiger partial charge on any atom is -0.385 e. The Labute approximate surface area is 200 Å². The summed E-state index contributed by atoms with van der Waals surface area (Å²) in [5.74, 6) is 0.322. The highest BCUT2D eigenvalue weighted by atomic mass is 32.2. The summed E-state index contributed by atoms with van der Waals surface area (Å²) < 4.78 is 5.00. The molecule has 174 valence electrons. The van der Waals surface area contributed by atoms with Gasteiger partial charge in [-0.25, -0.2) is 4.99 Å². The summed E-state index contributed by atoms with van der Waals surface area (Å²) >= 11 is 1.26. The van der Waals surface area contributed by atoms with E-state index in [2.05, 4.69) is 36.3 Å². The molecule has 0 fully saturated rings. The lowest BCUT2D eigenvalue weighted by Crippen LogP contribution is -2.32. The number of nitrogens with one attached hydrogen (secondary N) is 1. The van der Waals surface area contributed by atoms with Gasteiger partial charge < -0.3 is 10.1 Å². The van der Waals surface area contributed by atoms with Crippen molar-refractivity contribution in [3.8, 4) is 0 Å². The van der Waals surface area contributed by atoms with E-state index in [1.807, 2.05) is 43.3 Å². The average Bonchev–Trinajstić information content (AvgIpc) is 3.11. The summed E-state index contributed by atoms with van der Waals surface area (Å²) in [6.07, 6.45) is 2.55. The Morgan fingerprint density at radius 3 is 2.48 bits per heavy atom. The number of carbonyl (C=O) groups excluding carboxylic acids is 2. The molecule has 0 aliphatic carbocycles. The van der Waals surface area contributed by atoms with Gasteiger partial charge >= 0.3 is 0 Å². The zero-order valence-electron chi connectivity index (χ0n) is 19.6. The van der Waals surface area contributed by atoms with Crippen LogP contribution in [0.2, 0.25) is 0 Å². The summed E-state index contributed by atoms with van der Waals surface area (Å²) in [5, 5.41) is 3.37. The van der Waals surface area contributed by atoms with Crippen LogP contribution in [-0.4, -0.2) is 43.0 Å². The molecule has 7 heteroatoms. The Bertz CT molecular complexity index is 1030. The first kappa shape index (κ1) is 24.7. The van der Waals surface area contributed by atoms with E-state index in [0.29, 0.717) is 29.9 Å². The van der Waals surface area contributed by atoms with Gasteiger partial charge in [-0.2, -0.15) is 0 Å². The Morgan fingerprint density at radius 1 is 1.15 bits per heavy atom. The molecule has 1 aliphatic heterocycles. The third-order valence-corrected chi connectivity index (χ3v) is 6.15. The summed E-state index contributed by atoms with van der Waals surface area (Å²) in [4.78, 5) is 31.7. The smallest absolute Gasteiger partial charge is 0.283 e. The number of amides is 2. The first-order valence-electron chi connectivity index (χ1n) is 11.1. The van der Waals surface area contributed by atoms with Crippen molar-refractivity contribution in [2.24, 2.45) is 4.99 Å². The maximum atomic E-state index is 13.3. The molecule has 0 aromatic heterocycles. The van der Waals surface area contributed by atoms with Gasteiger partial charge in [-0.1, -0.05) is 67.6 Å². The van der Waals surface area contributed by atoms with Crippen molar-refractivity contribution in [1.82, 2.24) is 5.32 Å². The van der Waals surface area contributed by atoms with Crippen LogP contribution in [0.3, 0.4) is 0 Å². The van der Waals surface area contributed by atoms with Crippen LogP contribution < -0.4 is 10.2 Å². The summed E-state index contributed by atoms with van der Waals surface area (Å²) in [6, 6.07) is 15.9. The maximum absolute atomic E-state index is 13.3. The maximum Gasteiger partial charge on any atom is 0.283 e.